The summed E-state index contributed by atoms with van der Waals surface area (Å²) in [7, 11) is 1.95. The molecule has 3 aliphatic carbocycles. The number of rotatable bonds is 3. The van der Waals surface area contributed by atoms with Crippen LogP contribution in [0.15, 0.2) is 0 Å². The summed E-state index contributed by atoms with van der Waals surface area (Å²) in [6, 6.07) is 0.466. The maximum Gasteiger partial charge on any atom is 0.317 e. The van der Waals surface area contributed by atoms with Crippen molar-refractivity contribution in [3.05, 3.63) is 0 Å². The highest BCUT2D eigenvalue weighted by Gasteiger charge is 2.56. The zero-order chi connectivity index (χ0) is 12.1. The Kier molecular flexibility index (Phi) is 2.77. The molecule has 0 spiro atoms. The number of nitrogens with zero attached hydrogens (tertiary/aromatic N) is 1. The smallest absolute Gasteiger partial charge is 0.317 e. The Morgan fingerprint density at radius 1 is 1.44 bits per heavy atom. The molecule has 3 aliphatic rings. The zero-order valence-electron chi connectivity index (χ0n) is 10.7. The van der Waals surface area contributed by atoms with E-state index in [1.54, 1.807) is 0 Å². The summed E-state index contributed by atoms with van der Waals surface area (Å²) < 4.78 is 0. The molecule has 3 fully saturated rings. The Morgan fingerprint density at radius 2 is 2.06 bits per heavy atom. The van der Waals surface area contributed by atoms with E-state index in [-0.39, 0.29) is 6.54 Å². The van der Waals surface area contributed by atoms with E-state index in [0.717, 1.165) is 11.8 Å². The highest BCUT2D eigenvalue weighted by atomic mass is 16.4. The maximum absolute atomic E-state index is 10.7. The van der Waals surface area contributed by atoms with Crippen molar-refractivity contribution in [1.82, 2.24) is 4.90 Å². The van der Waals surface area contributed by atoms with Gasteiger partial charge in [-0.15, -0.1) is 0 Å². The first-order valence-electron chi connectivity index (χ1n) is 6.26. The van der Waals surface area contributed by atoms with E-state index in [1.165, 1.54) is 12.8 Å². The van der Waals surface area contributed by atoms with Crippen LogP contribution in [0.3, 0.4) is 0 Å². The lowest BCUT2D eigenvalue weighted by molar-refractivity contribution is -0.149. The molecule has 0 heterocycles. The van der Waals surface area contributed by atoms with Crippen LogP contribution in [0.4, 0.5) is 0 Å². The molecule has 3 heteroatoms. The normalized spacial score (nSPS) is 40.6. The molecular formula is C13H23NO2. The van der Waals surface area contributed by atoms with Gasteiger partial charge in [0.25, 0.3) is 0 Å². The van der Waals surface area contributed by atoms with Gasteiger partial charge >= 0.3 is 5.97 Å². The molecule has 0 radical (unpaired) electrons. The fourth-order valence-electron chi connectivity index (χ4n) is 4.03. The Bertz CT molecular complexity index is 300. The average Bonchev–Trinajstić information content (AvgIpc) is 2.15. The molecular weight excluding hydrogens is 202 g/mol. The Labute approximate surface area is 97.8 Å². The largest absolute Gasteiger partial charge is 0.480 e. The van der Waals surface area contributed by atoms with Gasteiger partial charge in [-0.2, -0.15) is 0 Å². The van der Waals surface area contributed by atoms with Crippen molar-refractivity contribution in [2.24, 2.45) is 23.2 Å². The van der Waals surface area contributed by atoms with Gasteiger partial charge in [-0.25, -0.2) is 0 Å². The molecule has 3 rings (SSSR count). The summed E-state index contributed by atoms with van der Waals surface area (Å²) in [5, 5.41) is 8.84. The van der Waals surface area contributed by atoms with Crippen molar-refractivity contribution in [2.75, 3.05) is 13.6 Å². The third-order valence-electron chi connectivity index (χ3n) is 5.26. The molecule has 16 heavy (non-hydrogen) atoms. The lowest BCUT2D eigenvalue weighted by Crippen LogP contribution is -2.60. The number of likely N-dealkylation sites (N-methyl/N-ethyl adjacent to an activating group) is 1. The first kappa shape index (κ1) is 11.9. The highest BCUT2D eigenvalue weighted by molar-refractivity contribution is 5.69. The highest BCUT2D eigenvalue weighted by Crippen LogP contribution is 2.61. The average molecular weight is 225 g/mol. The molecule has 2 bridgehead atoms. The standard InChI is InChI=1S/C13H23NO2/c1-8-10-5-9(13(10,2)3)6-11(8)14(4)7-12(15)16/h8-11H,5-7H2,1-4H3,(H,15,16)/t8-,9?,10?,11-/m0/s1. The van der Waals surface area contributed by atoms with E-state index in [9.17, 15) is 4.79 Å². The monoisotopic (exact) mass is 225 g/mol. The minimum absolute atomic E-state index is 0.175. The second-order valence-electron chi connectivity index (χ2n) is 6.33. The number of carboxylic acid groups (broad SMARTS) is 1. The van der Waals surface area contributed by atoms with Crippen LogP contribution < -0.4 is 0 Å². The number of carbonyl (C=O) groups is 1. The third-order valence-corrected chi connectivity index (χ3v) is 5.26. The van der Waals surface area contributed by atoms with Crippen LogP contribution in [0.25, 0.3) is 0 Å². The maximum atomic E-state index is 10.7. The molecule has 0 aliphatic heterocycles. The lowest BCUT2D eigenvalue weighted by Gasteiger charge is -2.63. The molecule has 0 aromatic rings. The molecule has 0 saturated heterocycles. The van der Waals surface area contributed by atoms with Gasteiger partial charge in [-0.05, 0) is 43.1 Å². The van der Waals surface area contributed by atoms with Crippen LogP contribution in [0.5, 0.6) is 0 Å². The first-order chi connectivity index (χ1) is 7.34. The minimum Gasteiger partial charge on any atom is -0.480 e. The van der Waals surface area contributed by atoms with Gasteiger partial charge in [-0.3, -0.25) is 9.69 Å². The number of carboxylic acids is 1. The summed E-state index contributed by atoms with van der Waals surface area (Å²) in [6.45, 7) is 7.21. The van der Waals surface area contributed by atoms with Crippen molar-refractivity contribution in [2.45, 2.75) is 39.7 Å². The van der Waals surface area contributed by atoms with E-state index in [1.807, 2.05) is 11.9 Å². The molecule has 3 saturated carbocycles. The molecule has 2 unspecified atom stereocenters. The summed E-state index contributed by atoms with van der Waals surface area (Å²) in [5.41, 5.74) is 0.486. The van der Waals surface area contributed by atoms with E-state index >= 15 is 0 Å². The lowest BCUT2D eigenvalue weighted by atomic mass is 9.44. The van der Waals surface area contributed by atoms with Gasteiger partial charge in [-0.1, -0.05) is 20.8 Å². The predicted molar refractivity (Wildman–Crippen MR) is 63.2 cm³/mol. The van der Waals surface area contributed by atoms with E-state index in [2.05, 4.69) is 20.8 Å². The Hall–Kier alpha value is -0.570. The summed E-state index contributed by atoms with van der Waals surface area (Å²) in [4.78, 5) is 12.8. The van der Waals surface area contributed by atoms with Crippen LogP contribution in [0.1, 0.15) is 33.6 Å². The van der Waals surface area contributed by atoms with E-state index in [4.69, 9.17) is 5.11 Å². The van der Waals surface area contributed by atoms with Crippen molar-refractivity contribution >= 4 is 5.97 Å². The molecule has 0 aromatic heterocycles. The van der Waals surface area contributed by atoms with Crippen LogP contribution in [-0.2, 0) is 4.79 Å². The second kappa shape index (κ2) is 3.73. The van der Waals surface area contributed by atoms with Gasteiger partial charge in [0.2, 0.25) is 0 Å². The van der Waals surface area contributed by atoms with Crippen LogP contribution in [0.2, 0.25) is 0 Å². The summed E-state index contributed by atoms with van der Waals surface area (Å²) in [5.74, 6) is 1.50. The van der Waals surface area contributed by atoms with Crippen molar-refractivity contribution in [1.29, 1.82) is 0 Å². The minimum atomic E-state index is -0.715. The van der Waals surface area contributed by atoms with Gasteiger partial charge in [0.05, 0.1) is 6.54 Å². The number of hydrogen-bond donors (Lipinski definition) is 1. The van der Waals surface area contributed by atoms with Crippen LogP contribution in [-0.4, -0.2) is 35.6 Å². The van der Waals surface area contributed by atoms with Crippen molar-refractivity contribution < 1.29 is 9.90 Å². The van der Waals surface area contributed by atoms with E-state index < -0.39 is 5.97 Å². The number of aliphatic carboxylic acids is 1. The van der Waals surface area contributed by atoms with Gasteiger partial charge in [0.15, 0.2) is 0 Å². The Balaban J connectivity index is 2.02. The predicted octanol–water partition coefficient (Wildman–Crippen LogP) is 2.07. The van der Waals surface area contributed by atoms with Crippen LogP contribution >= 0.6 is 0 Å². The molecule has 92 valence electrons. The van der Waals surface area contributed by atoms with Gasteiger partial charge < -0.3 is 5.11 Å². The zero-order valence-corrected chi connectivity index (χ0v) is 10.7. The van der Waals surface area contributed by atoms with Crippen molar-refractivity contribution in [3.8, 4) is 0 Å². The SMILES string of the molecule is C[C@H]1C2CC(C[C@@H]1N(C)CC(=O)O)C2(C)C. The molecule has 1 N–H and O–H groups in total. The summed E-state index contributed by atoms with van der Waals surface area (Å²) in [6.07, 6.45) is 2.53. The van der Waals surface area contributed by atoms with Gasteiger partial charge in [0, 0.05) is 6.04 Å². The number of hydrogen-bond acceptors (Lipinski definition) is 2. The molecule has 3 nitrogen and oxygen atoms in total. The molecule has 4 atom stereocenters. The Morgan fingerprint density at radius 3 is 2.50 bits per heavy atom. The molecule has 0 aromatic carbocycles. The second-order valence-corrected chi connectivity index (χ2v) is 6.33. The fourth-order valence-corrected chi connectivity index (χ4v) is 4.03. The van der Waals surface area contributed by atoms with Crippen LogP contribution in [0, 0.1) is 23.2 Å². The number of fused-ring (bicyclic) bond motifs is 2. The quantitative estimate of drug-likeness (QED) is 0.799. The molecule has 0 amide bonds. The first-order valence-corrected chi connectivity index (χ1v) is 6.26. The topological polar surface area (TPSA) is 40.5 Å². The summed E-state index contributed by atoms with van der Waals surface area (Å²) >= 11 is 0. The van der Waals surface area contributed by atoms with E-state index in [0.29, 0.717) is 17.4 Å². The third kappa shape index (κ3) is 1.65. The van der Waals surface area contributed by atoms with Crippen molar-refractivity contribution in [3.63, 3.8) is 0 Å². The van der Waals surface area contributed by atoms with Gasteiger partial charge in [0.1, 0.15) is 0 Å². The fraction of sp³-hybridized carbons (Fsp3) is 0.923.